The van der Waals surface area contributed by atoms with Crippen molar-refractivity contribution in [2.75, 3.05) is 20.4 Å². The summed E-state index contributed by atoms with van der Waals surface area (Å²) in [5.74, 6) is 1.01. The van der Waals surface area contributed by atoms with E-state index in [-0.39, 0.29) is 18.8 Å². The zero-order valence-electron chi connectivity index (χ0n) is 13.2. The van der Waals surface area contributed by atoms with Crippen LogP contribution in [0, 0.1) is 0 Å². The number of benzene rings is 1. The van der Waals surface area contributed by atoms with E-state index >= 15 is 0 Å². The molecule has 1 aromatic rings. The van der Waals surface area contributed by atoms with Crippen molar-refractivity contribution < 1.29 is 19.0 Å². The molecule has 1 aromatic carbocycles. The minimum Gasteiger partial charge on any atom is -0.463 e. The van der Waals surface area contributed by atoms with Gasteiger partial charge in [-0.2, -0.15) is 0 Å². The van der Waals surface area contributed by atoms with Crippen LogP contribution in [0.1, 0.15) is 25.5 Å². The molecular formula is C16H18N2O4S. The number of nitrogens with one attached hydrogen (secondary N) is 1. The minimum atomic E-state index is -0.382. The molecule has 6 nitrogen and oxygen atoms in total. The largest absolute Gasteiger partial charge is 0.463 e. The lowest BCUT2D eigenvalue weighted by Gasteiger charge is -2.35. The molecule has 0 unspecified atom stereocenters. The summed E-state index contributed by atoms with van der Waals surface area (Å²) in [5, 5.41) is 3.75. The molecule has 0 aromatic heterocycles. The van der Waals surface area contributed by atoms with Gasteiger partial charge in [0.15, 0.2) is 16.6 Å². The lowest BCUT2D eigenvalue weighted by Crippen LogP contribution is -2.46. The van der Waals surface area contributed by atoms with Gasteiger partial charge in [-0.1, -0.05) is 6.07 Å². The molecule has 0 bridgehead atoms. The van der Waals surface area contributed by atoms with E-state index in [0.29, 0.717) is 28.8 Å². The second kappa shape index (κ2) is 6.08. The number of rotatable bonds is 3. The Morgan fingerprint density at radius 3 is 2.91 bits per heavy atom. The molecule has 23 heavy (non-hydrogen) atoms. The van der Waals surface area contributed by atoms with Gasteiger partial charge >= 0.3 is 5.97 Å². The first-order valence-electron chi connectivity index (χ1n) is 7.34. The normalized spacial score (nSPS) is 19.7. The fourth-order valence-corrected chi connectivity index (χ4v) is 2.91. The highest BCUT2D eigenvalue weighted by Gasteiger charge is 2.34. The number of esters is 1. The molecule has 122 valence electrons. The summed E-state index contributed by atoms with van der Waals surface area (Å²) >= 11 is 5.36. The van der Waals surface area contributed by atoms with E-state index in [0.717, 1.165) is 11.3 Å². The van der Waals surface area contributed by atoms with Gasteiger partial charge in [-0.25, -0.2) is 4.79 Å². The summed E-state index contributed by atoms with van der Waals surface area (Å²) in [4.78, 5) is 14.2. The van der Waals surface area contributed by atoms with Gasteiger partial charge in [0.1, 0.15) is 0 Å². The number of hydrogen-bond acceptors (Lipinski definition) is 5. The molecule has 1 N–H and O–H groups in total. The number of ether oxygens (including phenoxy) is 3. The summed E-state index contributed by atoms with van der Waals surface area (Å²) in [6, 6.07) is 5.21. The second-order valence-electron chi connectivity index (χ2n) is 5.27. The Bertz CT molecular complexity index is 701. The van der Waals surface area contributed by atoms with Crippen LogP contribution >= 0.6 is 12.2 Å². The molecular weight excluding hydrogens is 316 g/mol. The average molecular weight is 334 g/mol. The number of carbonyl (C=O) groups excluding carboxylic acids is 1. The number of carbonyl (C=O) groups is 1. The van der Waals surface area contributed by atoms with Crippen LogP contribution in [0.5, 0.6) is 11.5 Å². The van der Waals surface area contributed by atoms with Crippen LogP contribution < -0.4 is 14.8 Å². The fourth-order valence-electron chi connectivity index (χ4n) is 2.65. The molecule has 7 heteroatoms. The van der Waals surface area contributed by atoms with Crippen LogP contribution in [-0.2, 0) is 9.53 Å². The summed E-state index contributed by atoms with van der Waals surface area (Å²) in [5.41, 5.74) is 2.18. The number of thiocarbonyl (C=S) groups is 1. The van der Waals surface area contributed by atoms with E-state index in [1.165, 1.54) is 0 Å². The predicted molar refractivity (Wildman–Crippen MR) is 88.1 cm³/mol. The molecule has 0 spiro atoms. The lowest BCUT2D eigenvalue weighted by molar-refractivity contribution is -0.139. The second-order valence-corrected chi connectivity index (χ2v) is 5.66. The molecule has 0 saturated carbocycles. The molecule has 2 heterocycles. The van der Waals surface area contributed by atoms with E-state index in [1.54, 1.807) is 11.8 Å². The topological polar surface area (TPSA) is 60.0 Å². The Morgan fingerprint density at radius 1 is 1.43 bits per heavy atom. The van der Waals surface area contributed by atoms with Crippen LogP contribution in [-0.4, -0.2) is 36.4 Å². The number of nitrogens with zero attached hydrogens (tertiary/aromatic N) is 1. The molecule has 0 saturated heterocycles. The van der Waals surface area contributed by atoms with Gasteiger partial charge in [0.05, 0.1) is 18.2 Å². The monoisotopic (exact) mass is 334 g/mol. The van der Waals surface area contributed by atoms with Crippen molar-refractivity contribution >= 4 is 23.3 Å². The maximum atomic E-state index is 12.4. The Hall–Kier alpha value is -2.28. The molecule has 0 fully saturated rings. The maximum absolute atomic E-state index is 12.4. The van der Waals surface area contributed by atoms with Crippen molar-refractivity contribution in [2.45, 2.75) is 19.9 Å². The Morgan fingerprint density at radius 2 is 2.17 bits per heavy atom. The molecule has 2 aliphatic heterocycles. The quantitative estimate of drug-likeness (QED) is 0.671. The van der Waals surface area contributed by atoms with Crippen molar-refractivity contribution in [2.24, 2.45) is 0 Å². The minimum absolute atomic E-state index is 0.206. The van der Waals surface area contributed by atoms with Gasteiger partial charge in [0, 0.05) is 12.7 Å². The first kappa shape index (κ1) is 15.6. The third kappa shape index (κ3) is 2.72. The number of fused-ring (bicyclic) bond motifs is 1. The van der Waals surface area contributed by atoms with E-state index in [2.05, 4.69) is 5.32 Å². The Labute approximate surface area is 140 Å². The zero-order chi connectivity index (χ0) is 16.6. The van der Waals surface area contributed by atoms with Crippen LogP contribution in [0.3, 0.4) is 0 Å². The molecule has 0 radical (unpaired) electrons. The summed E-state index contributed by atoms with van der Waals surface area (Å²) in [7, 11) is 1.82. The third-order valence-electron chi connectivity index (χ3n) is 3.98. The first-order valence-corrected chi connectivity index (χ1v) is 7.75. The van der Waals surface area contributed by atoms with Crippen LogP contribution in [0.4, 0.5) is 0 Å². The summed E-state index contributed by atoms with van der Waals surface area (Å²) in [6.07, 6.45) is 0. The number of allylic oxidation sites excluding steroid dienone is 1. The first-order chi connectivity index (χ1) is 11.0. The lowest BCUT2D eigenvalue weighted by atomic mass is 9.95. The van der Waals surface area contributed by atoms with Gasteiger partial charge in [0.25, 0.3) is 0 Å². The zero-order valence-corrected chi connectivity index (χ0v) is 14.0. The smallest absolute Gasteiger partial charge is 0.338 e. The van der Waals surface area contributed by atoms with E-state index in [9.17, 15) is 4.79 Å². The van der Waals surface area contributed by atoms with Crippen molar-refractivity contribution in [1.82, 2.24) is 10.2 Å². The standard InChI is InChI=1S/C16H18N2O4S/c1-4-20-15(19)13-9(2)18(3)16(23)17-14(13)10-5-6-11-12(7-10)22-8-21-11/h5-7,14H,4,8H2,1-3H3,(H,17,23)/t14-/m0/s1. The Kier molecular flexibility index (Phi) is 4.12. The van der Waals surface area contributed by atoms with Gasteiger partial charge in [-0.15, -0.1) is 0 Å². The Balaban J connectivity index is 2.04. The molecule has 0 amide bonds. The number of hydrogen-bond donors (Lipinski definition) is 1. The highest BCUT2D eigenvalue weighted by molar-refractivity contribution is 7.80. The fraction of sp³-hybridized carbons (Fsp3) is 0.375. The third-order valence-corrected chi connectivity index (χ3v) is 4.37. The van der Waals surface area contributed by atoms with Gasteiger partial charge in [0.2, 0.25) is 6.79 Å². The predicted octanol–water partition coefficient (Wildman–Crippen LogP) is 2.11. The van der Waals surface area contributed by atoms with Gasteiger partial charge in [-0.05, 0) is 43.8 Å². The highest BCUT2D eigenvalue weighted by atomic mass is 32.1. The van der Waals surface area contributed by atoms with Gasteiger partial charge < -0.3 is 24.4 Å². The van der Waals surface area contributed by atoms with Crippen molar-refractivity contribution in [3.63, 3.8) is 0 Å². The molecule has 2 aliphatic rings. The van der Waals surface area contributed by atoms with Crippen molar-refractivity contribution in [3.05, 3.63) is 35.0 Å². The molecule has 0 aliphatic carbocycles. The van der Waals surface area contributed by atoms with Crippen molar-refractivity contribution in [3.8, 4) is 11.5 Å². The van der Waals surface area contributed by atoms with Crippen LogP contribution in [0.2, 0.25) is 0 Å². The van der Waals surface area contributed by atoms with Crippen molar-refractivity contribution in [1.29, 1.82) is 0 Å². The molecule has 1 atom stereocenters. The summed E-state index contributed by atoms with van der Waals surface area (Å²) in [6.45, 7) is 4.17. The van der Waals surface area contributed by atoms with Crippen LogP contribution in [0.25, 0.3) is 0 Å². The average Bonchev–Trinajstić information content (AvgIpc) is 2.99. The van der Waals surface area contributed by atoms with E-state index in [1.807, 2.05) is 32.2 Å². The SMILES string of the molecule is CCOC(=O)C1=C(C)N(C)C(=S)N[C@H]1c1ccc2c(c1)OCO2. The maximum Gasteiger partial charge on any atom is 0.338 e. The molecule has 3 rings (SSSR count). The van der Waals surface area contributed by atoms with E-state index in [4.69, 9.17) is 26.4 Å². The van der Waals surface area contributed by atoms with Gasteiger partial charge in [-0.3, -0.25) is 0 Å². The van der Waals surface area contributed by atoms with Crippen LogP contribution in [0.15, 0.2) is 29.5 Å². The van der Waals surface area contributed by atoms with E-state index < -0.39 is 0 Å². The highest BCUT2D eigenvalue weighted by Crippen LogP contribution is 2.37. The summed E-state index contributed by atoms with van der Waals surface area (Å²) < 4.78 is 16.0.